The topological polar surface area (TPSA) is 66.5 Å². The number of amides is 3. The number of imide groups is 1. The molecular formula is C26H22N2O3. The number of carbonyl (C=O) groups excluding carboxylic acids is 3. The molecule has 0 aliphatic carbocycles. The molecule has 0 aromatic heterocycles. The Kier molecular flexibility index (Phi) is 4.66. The van der Waals surface area contributed by atoms with Gasteiger partial charge >= 0.3 is 0 Å². The van der Waals surface area contributed by atoms with E-state index in [0.29, 0.717) is 24.1 Å². The quantitative estimate of drug-likeness (QED) is 0.655. The molecule has 5 rings (SSSR count). The van der Waals surface area contributed by atoms with Gasteiger partial charge in [0, 0.05) is 0 Å². The van der Waals surface area contributed by atoms with Gasteiger partial charge in [-0.1, -0.05) is 60.2 Å². The maximum atomic E-state index is 13.7. The summed E-state index contributed by atoms with van der Waals surface area (Å²) in [5, 5.41) is 2.95. The van der Waals surface area contributed by atoms with E-state index in [4.69, 9.17) is 0 Å². The highest BCUT2D eigenvalue weighted by molar-refractivity contribution is 6.27. The molecule has 2 bridgehead atoms. The van der Waals surface area contributed by atoms with Gasteiger partial charge in [-0.3, -0.25) is 14.4 Å². The maximum absolute atomic E-state index is 13.7. The highest BCUT2D eigenvalue weighted by Gasteiger charge is 2.43. The van der Waals surface area contributed by atoms with Gasteiger partial charge in [0.25, 0.3) is 17.7 Å². The maximum Gasteiger partial charge on any atom is 0.265 e. The van der Waals surface area contributed by atoms with E-state index in [1.807, 2.05) is 43.3 Å². The summed E-state index contributed by atoms with van der Waals surface area (Å²) < 4.78 is 0. The molecule has 2 atom stereocenters. The number of hydrogen-bond acceptors (Lipinski definition) is 3. The predicted molar refractivity (Wildman–Crippen MR) is 118 cm³/mol. The van der Waals surface area contributed by atoms with Gasteiger partial charge in [0.05, 0.1) is 16.8 Å². The van der Waals surface area contributed by atoms with Crippen molar-refractivity contribution in [1.82, 2.24) is 5.32 Å². The fourth-order valence-electron chi connectivity index (χ4n) is 4.57. The second-order valence-corrected chi connectivity index (χ2v) is 8.26. The van der Waals surface area contributed by atoms with Gasteiger partial charge in [-0.25, -0.2) is 4.90 Å². The molecule has 0 radical (unpaired) electrons. The summed E-state index contributed by atoms with van der Waals surface area (Å²) in [4.78, 5) is 41.5. The van der Waals surface area contributed by atoms with Crippen molar-refractivity contribution in [3.8, 4) is 0 Å². The van der Waals surface area contributed by atoms with E-state index in [-0.39, 0.29) is 23.3 Å². The summed E-state index contributed by atoms with van der Waals surface area (Å²) in [7, 11) is 0. The third kappa shape index (κ3) is 3.32. The number of rotatable bonds is 2. The molecule has 31 heavy (non-hydrogen) atoms. The number of hydrogen-bond donors (Lipinski definition) is 1. The Morgan fingerprint density at radius 2 is 1.55 bits per heavy atom. The first kappa shape index (κ1) is 19.2. The summed E-state index contributed by atoms with van der Waals surface area (Å²) in [6.07, 6.45) is 1.20. The lowest BCUT2D eigenvalue weighted by Gasteiger charge is -2.31. The minimum absolute atomic E-state index is 0.177. The van der Waals surface area contributed by atoms with Crippen molar-refractivity contribution in [2.24, 2.45) is 5.92 Å². The summed E-state index contributed by atoms with van der Waals surface area (Å²) >= 11 is 0. The number of anilines is 1. The molecule has 1 N–H and O–H groups in total. The lowest BCUT2D eigenvalue weighted by Crippen LogP contribution is -2.55. The van der Waals surface area contributed by atoms with Crippen LogP contribution in [-0.4, -0.2) is 23.8 Å². The van der Waals surface area contributed by atoms with E-state index in [0.717, 1.165) is 11.1 Å². The summed E-state index contributed by atoms with van der Waals surface area (Å²) in [5.74, 6) is -1.40. The summed E-state index contributed by atoms with van der Waals surface area (Å²) in [5.41, 5.74) is 4.32. The third-order valence-electron chi connectivity index (χ3n) is 6.18. The van der Waals surface area contributed by atoms with Crippen LogP contribution in [0.5, 0.6) is 0 Å². The van der Waals surface area contributed by atoms with Crippen LogP contribution >= 0.6 is 0 Å². The largest absolute Gasteiger partial charge is 0.340 e. The van der Waals surface area contributed by atoms with Crippen molar-refractivity contribution in [2.45, 2.75) is 25.8 Å². The average Bonchev–Trinajstić information content (AvgIpc) is 2.89. The fraction of sp³-hybridized carbons (Fsp3) is 0.192. The van der Waals surface area contributed by atoms with Crippen molar-refractivity contribution in [3.05, 3.63) is 101 Å². The molecule has 5 heteroatoms. The number of carbonyl (C=O) groups is 3. The van der Waals surface area contributed by atoms with E-state index in [1.54, 1.807) is 24.3 Å². The average molecular weight is 410 g/mol. The highest BCUT2D eigenvalue weighted by Crippen LogP contribution is 2.34. The van der Waals surface area contributed by atoms with Gasteiger partial charge < -0.3 is 5.32 Å². The molecule has 2 unspecified atom stereocenters. The highest BCUT2D eigenvalue weighted by atomic mass is 16.2. The smallest absolute Gasteiger partial charge is 0.265 e. The second kappa shape index (κ2) is 7.51. The van der Waals surface area contributed by atoms with Gasteiger partial charge in [0.2, 0.25) is 0 Å². The van der Waals surface area contributed by atoms with Crippen molar-refractivity contribution in [3.63, 3.8) is 0 Å². The summed E-state index contributed by atoms with van der Waals surface area (Å²) in [6.45, 7) is 2.03. The first-order chi connectivity index (χ1) is 15.0. The van der Waals surface area contributed by atoms with Crippen LogP contribution < -0.4 is 10.2 Å². The normalized spacial score (nSPS) is 20.2. The molecular weight excluding hydrogens is 388 g/mol. The van der Waals surface area contributed by atoms with E-state index in [9.17, 15) is 14.4 Å². The predicted octanol–water partition coefficient (Wildman–Crippen LogP) is 3.70. The Morgan fingerprint density at radius 1 is 0.871 bits per heavy atom. The van der Waals surface area contributed by atoms with Crippen LogP contribution in [0.2, 0.25) is 0 Å². The molecule has 154 valence electrons. The fourth-order valence-corrected chi connectivity index (χ4v) is 4.57. The molecule has 0 fully saturated rings. The van der Waals surface area contributed by atoms with Crippen molar-refractivity contribution in [1.29, 1.82) is 0 Å². The first-order valence-electron chi connectivity index (χ1n) is 10.4. The number of nitrogens with zero attached hydrogens (tertiary/aromatic N) is 1. The van der Waals surface area contributed by atoms with Crippen LogP contribution in [-0.2, 0) is 17.6 Å². The Morgan fingerprint density at radius 3 is 2.32 bits per heavy atom. The third-order valence-corrected chi connectivity index (χ3v) is 6.18. The molecule has 3 aromatic carbocycles. The lowest BCUT2D eigenvalue weighted by molar-refractivity contribution is -0.120. The molecule has 2 aliphatic rings. The van der Waals surface area contributed by atoms with Crippen molar-refractivity contribution < 1.29 is 14.4 Å². The monoisotopic (exact) mass is 410 g/mol. The number of benzene rings is 3. The Balaban J connectivity index is 1.66. The Labute approximate surface area is 180 Å². The van der Waals surface area contributed by atoms with Gasteiger partial charge in [0.15, 0.2) is 0 Å². The van der Waals surface area contributed by atoms with Crippen LogP contribution in [0.1, 0.15) is 37.4 Å². The Hall–Kier alpha value is -3.73. The van der Waals surface area contributed by atoms with Crippen LogP contribution in [0.3, 0.4) is 0 Å². The van der Waals surface area contributed by atoms with Crippen LogP contribution in [0.25, 0.3) is 0 Å². The standard InChI is InChI=1S/C26H22N2O3/c1-16-10-12-17(13-11-16)14-19-15-18-6-2-5-9-22(18)28-25(30)21-8-4-3-7-20(21)24(29)27-23(19)26(28)31/h2-13,19,23H,14-15H2,1H3,(H,27,29). The van der Waals surface area contributed by atoms with Gasteiger partial charge in [0.1, 0.15) is 6.04 Å². The van der Waals surface area contributed by atoms with Gasteiger partial charge in [-0.2, -0.15) is 0 Å². The number of aryl methyl sites for hydroxylation is 1. The molecule has 3 amide bonds. The van der Waals surface area contributed by atoms with Gasteiger partial charge in [-0.05, 0) is 55.0 Å². The SMILES string of the molecule is Cc1ccc(CC2Cc3ccccc3N3C(=O)c4ccccc4C(=O)NC2C3=O)cc1. The van der Waals surface area contributed by atoms with Crippen LogP contribution in [0, 0.1) is 12.8 Å². The molecule has 2 aliphatic heterocycles. The first-order valence-corrected chi connectivity index (χ1v) is 10.4. The van der Waals surface area contributed by atoms with Gasteiger partial charge in [-0.15, -0.1) is 0 Å². The molecule has 3 aromatic rings. The minimum atomic E-state index is -0.793. The molecule has 5 nitrogen and oxygen atoms in total. The van der Waals surface area contributed by atoms with E-state index in [2.05, 4.69) is 17.4 Å². The number of para-hydroxylation sites is 1. The lowest BCUT2D eigenvalue weighted by atomic mass is 9.86. The Bertz CT molecular complexity index is 1200. The molecule has 0 spiro atoms. The molecule has 0 saturated carbocycles. The molecule has 0 saturated heterocycles. The number of nitrogens with one attached hydrogen (secondary N) is 1. The zero-order valence-corrected chi connectivity index (χ0v) is 17.2. The van der Waals surface area contributed by atoms with Crippen molar-refractivity contribution in [2.75, 3.05) is 4.90 Å². The van der Waals surface area contributed by atoms with E-state index < -0.39 is 11.9 Å². The molecule has 2 heterocycles. The zero-order valence-electron chi connectivity index (χ0n) is 17.2. The zero-order chi connectivity index (χ0) is 21.5. The van der Waals surface area contributed by atoms with E-state index in [1.165, 1.54) is 10.5 Å². The van der Waals surface area contributed by atoms with Crippen LogP contribution in [0.15, 0.2) is 72.8 Å². The summed E-state index contributed by atoms with van der Waals surface area (Å²) in [6, 6.07) is 21.6. The van der Waals surface area contributed by atoms with Crippen molar-refractivity contribution >= 4 is 23.4 Å². The minimum Gasteiger partial charge on any atom is -0.340 e. The second-order valence-electron chi connectivity index (χ2n) is 8.26. The van der Waals surface area contributed by atoms with E-state index >= 15 is 0 Å². The number of fused-ring (bicyclic) bond motifs is 5. The van der Waals surface area contributed by atoms with Crippen LogP contribution in [0.4, 0.5) is 5.69 Å².